The van der Waals surface area contributed by atoms with E-state index in [1.807, 2.05) is 0 Å². The first-order valence-electron chi connectivity index (χ1n) is 34.4. The van der Waals surface area contributed by atoms with Crippen molar-refractivity contribution in [1.29, 1.82) is 0 Å². The Morgan fingerprint density at radius 2 is 0.624 bits per heavy atom. The van der Waals surface area contributed by atoms with Crippen LogP contribution in [0.25, 0.3) is 57.9 Å². The fourth-order valence-corrected chi connectivity index (χ4v) is 23.8. The second-order valence-electron chi connectivity index (χ2n) is 26.7. The minimum atomic E-state index is -0.210. The number of fused-ring (bicyclic) bond motifs is 17. The van der Waals surface area contributed by atoms with Gasteiger partial charge in [0.15, 0.2) is 0 Å². The minimum absolute atomic E-state index is 0.180. The van der Waals surface area contributed by atoms with Crippen molar-refractivity contribution in [2.24, 2.45) is 0 Å². The van der Waals surface area contributed by atoms with Crippen molar-refractivity contribution in [3.05, 3.63) is 334 Å². The summed E-state index contributed by atoms with van der Waals surface area (Å²) in [6.07, 6.45) is 0. The maximum absolute atomic E-state index is 8.03. The zero-order valence-corrected chi connectivity index (χ0v) is 59.4. The molecule has 0 bridgehead atoms. The van der Waals surface area contributed by atoms with E-state index < -0.39 is 0 Å². The number of nitrogens with zero attached hydrogens (tertiary/aromatic N) is 5. The third-order valence-corrected chi connectivity index (χ3v) is 28.4. The molecule has 4 aliphatic heterocycles. The molecule has 101 heavy (non-hydrogen) atoms. The molecule has 18 aromatic rings. The third-order valence-electron chi connectivity index (χ3n) is 21.2. The van der Waals surface area contributed by atoms with E-state index in [1.54, 1.807) is 0 Å². The molecule has 22 rings (SSSR count). The van der Waals surface area contributed by atoms with Crippen LogP contribution in [0.2, 0.25) is 0 Å². The van der Waals surface area contributed by atoms with Crippen molar-refractivity contribution >= 4 is 233 Å². The summed E-state index contributed by atoms with van der Waals surface area (Å²) in [5.74, 6) is 1.68. The second kappa shape index (κ2) is 22.7. The van der Waals surface area contributed by atoms with E-state index in [1.165, 1.54) is 79.7 Å². The fraction of sp³-hybridized carbons (Fsp3) is 0. The third kappa shape index (κ3) is 8.86. The molecule has 0 saturated heterocycles. The molecule has 3 aromatic heterocycles. The van der Waals surface area contributed by atoms with Crippen LogP contribution in [0.15, 0.2) is 334 Å². The number of benzene rings is 15. The van der Waals surface area contributed by atoms with Gasteiger partial charge in [-0.3, -0.25) is 0 Å². The molecular formula is C90H55B2N5OSe3. The van der Waals surface area contributed by atoms with Crippen molar-refractivity contribution in [3.8, 4) is 11.5 Å². The number of hydrogen-bond donors (Lipinski definition) is 0. The first-order valence-corrected chi connectivity index (χ1v) is 39.6. The van der Waals surface area contributed by atoms with E-state index in [9.17, 15) is 0 Å². The van der Waals surface area contributed by atoms with Crippen LogP contribution in [0.1, 0.15) is 0 Å². The van der Waals surface area contributed by atoms with Crippen LogP contribution in [0.5, 0.6) is 11.5 Å². The molecule has 0 atom stereocenters. The van der Waals surface area contributed by atoms with E-state index >= 15 is 0 Å². The molecule has 0 N–H and O–H groups in total. The van der Waals surface area contributed by atoms with Crippen molar-refractivity contribution in [2.75, 3.05) is 24.5 Å². The normalized spacial score (nSPS) is 13.1. The molecule has 0 unspecified atom stereocenters. The number of rotatable bonds is 9. The first kappa shape index (κ1) is 57.7. The van der Waals surface area contributed by atoms with E-state index in [-0.39, 0.29) is 56.9 Å². The zero-order valence-electron chi connectivity index (χ0n) is 54.3. The van der Waals surface area contributed by atoms with Gasteiger partial charge in [0.05, 0.1) is 0 Å². The topological polar surface area (TPSA) is 25.4 Å². The van der Waals surface area contributed by atoms with E-state index in [4.69, 9.17) is 4.74 Å². The van der Waals surface area contributed by atoms with Gasteiger partial charge in [-0.1, -0.05) is 18.2 Å². The van der Waals surface area contributed by atoms with Gasteiger partial charge in [-0.25, -0.2) is 0 Å². The summed E-state index contributed by atoms with van der Waals surface area (Å²) >= 11 is 0.620. The van der Waals surface area contributed by atoms with Crippen LogP contribution in [0, 0.1) is 0 Å². The zero-order chi connectivity index (χ0) is 66.0. The Morgan fingerprint density at radius 1 is 0.228 bits per heavy atom. The molecule has 0 amide bonds. The molecular weight excluding hydrogens is 1430 g/mol. The van der Waals surface area contributed by atoms with Crippen molar-refractivity contribution in [1.82, 2.24) is 0 Å². The Bertz CT molecular complexity index is 6420. The predicted molar refractivity (Wildman–Crippen MR) is 432 cm³/mol. The SMILES string of the molecule is c1ccc(N(c2ccccc2)c2cc3c4c(c2)N(c2ccc5[se]c6ccccc6c5c2)c2cc5c(cc2B4c2ccccc2N3c2ccccc2)B2c3ccccc3N(c3ccc4[se]c6ccccc6c4c3)c3cc(N(c4ccccc4)c4ccc6[se]c7ccccc7c6c4)cc(c32)O5)cc1. The molecule has 0 saturated carbocycles. The van der Waals surface area contributed by atoms with Crippen LogP contribution in [0.4, 0.5) is 85.3 Å². The molecule has 11 heteroatoms. The predicted octanol–water partition coefficient (Wildman–Crippen LogP) is 19.2. The molecule has 4 aliphatic rings. The van der Waals surface area contributed by atoms with E-state index in [0.29, 0.717) is 0 Å². The molecule has 0 aliphatic carbocycles. The van der Waals surface area contributed by atoms with Crippen molar-refractivity contribution in [3.63, 3.8) is 0 Å². The summed E-state index contributed by atoms with van der Waals surface area (Å²) in [5.41, 5.74) is 23.7. The summed E-state index contributed by atoms with van der Waals surface area (Å²) in [7, 11) is 0. The first-order chi connectivity index (χ1) is 50.1. The molecule has 7 heterocycles. The van der Waals surface area contributed by atoms with Crippen LogP contribution in [-0.2, 0) is 0 Å². The summed E-state index contributed by atoms with van der Waals surface area (Å²) in [6, 6.07) is 126. The quantitative estimate of drug-likeness (QED) is 0.134. The summed E-state index contributed by atoms with van der Waals surface area (Å²) < 4.78 is 16.5. The maximum atomic E-state index is 8.03. The Morgan fingerprint density at radius 3 is 1.16 bits per heavy atom. The average Bonchev–Trinajstić information content (AvgIpc) is 1.68. The van der Waals surface area contributed by atoms with Gasteiger partial charge in [0.25, 0.3) is 0 Å². The van der Waals surface area contributed by atoms with E-state index in [0.717, 1.165) is 108 Å². The molecule has 470 valence electrons. The molecule has 15 aromatic carbocycles. The summed E-state index contributed by atoms with van der Waals surface area (Å²) in [4.78, 5) is 12.6. The van der Waals surface area contributed by atoms with Crippen LogP contribution in [-0.4, -0.2) is 56.9 Å². The number of para-hydroxylation sites is 6. The van der Waals surface area contributed by atoms with Gasteiger partial charge < -0.3 is 0 Å². The average molecular weight is 1480 g/mol. The van der Waals surface area contributed by atoms with Crippen molar-refractivity contribution < 1.29 is 4.74 Å². The fourth-order valence-electron chi connectivity index (χ4n) is 17.0. The Balaban J connectivity index is 0.828. The van der Waals surface area contributed by atoms with E-state index in [2.05, 4.69) is 358 Å². The van der Waals surface area contributed by atoms with Gasteiger partial charge in [-0.05, 0) is 0 Å². The monoisotopic (exact) mass is 1480 g/mol. The van der Waals surface area contributed by atoms with Crippen LogP contribution < -0.4 is 62.0 Å². The summed E-state index contributed by atoms with van der Waals surface area (Å²) in [5, 5.41) is 7.91. The molecule has 0 fully saturated rings. The molecule has 0 radical (unpaired) electrons. The van der Waals surface area contributed by atoms with Gasteiger partial charge >= 0.3 is 589 Å². The van der Waals surface area contributed by atoms with Crippen LogP contribution >= 0.6 is 0 Å². The Kier molecular flexibility index (Phi) is 12.9. The second-order valence-corrected chi connectivity index (χ2v) is 33.5. The Labute approximate surface area is 602 Å². The van der Waals surface area contributed by atoms with Crippen LogP contribution in [0.3, 0.4) is 0 Å². The standard InChI is InChI=1S/C90H55B2N5OSe3/c1-5-23-56(24-6-1)93(57-25-7-2-8-26-57)63-50-78-89-79(51-63)97(62-43-46-88-70(49-62)67-33-15-22-40-85(67)101-88)77-55-81-74(54-73(77)91(89)71-34-16-18-36-75(71)95(78)59-29-11-4-12-30-59)92-72-35-17-19-37-76(72)96(61-42-45-87-69(48-61)66-32-14-21-39-84(66)100-87)80-52-64(53-82(98-81)90(80)92)94(58-27-9-3-10-28-58)60-41-44-86-68(47-60)65-31-13-20-38-83(65)99-86/h1-55H. The number of hydrogen-bond acceptors (Lipinski definition) is 6. The summed E-state index contributed by atoms with van der Waals surface area (Å²) in [6.45, 7) is -0.394. The van der Waals surface area contributed by atoms with Gasteiger partial charge in [-0.15, -0.1) is 0 Å². The van der Waals surface area contributed by atoms with Gasteiger partial charge in [0, 0.05) is 0 Å². The van der Waals surface area contributed by atoms with Gasteiger partial charge in [-0.2, -0.15) is 0 Å². The van der Waals surface area contributed by atoms with Crippen molar-refractivity contribution in [2.45, 2.75) is 0 Å². The Hall–Kier alpha value is -11.2. The molecule has 6 nitrogen and oxygen atoms in total. The van der Waals surface area contributed by atoms with Gasteiger partial charge in [0.1, 0.15) is 0 Å². The molecule has 0 spiro atoms. The number of ether oxygens (including phenoxy) is 1. The van der Waals surface area contributed by atoms with Gasteiger partial charge in [0.2, 0.25) is 0 Å². The number of anilines is 15.